The largest absolute Gasteiger partial charge is 0.490 e. The average Bonchev–Trinajstić information content (AvgIpc) is 2.78. The lowest BCUT2D eigenvalue weighted by atomic mass is 9.80. The lowest BCUT2D eigenvalue weighted by Crippen LogP contribution is -2.52. The highest BCUT2D eigenvalue weighted by Gasteiger charge is 2.40. The fraction of sp³-hybridized carbons (Fsp3) is 0.895. The van der Waals surface area contributed by atoms with Crippen molar-refractivity contribution in [2.75, 3.05) is 39.3 Å². The van der Waals surface area contributed by atoms with Crippen molar-refractivity contribution < 1.29 is 37.7 Å². The molecule has 2 heterocycles. The number of carboxylic acid groups (broad SMARTS) is 1. The van der Waals surface area contributed by atoms with E-state index < -0.39 is 12.1 Å². The zero-order valence-corrected chi connectivity index (χ0v) is 16.9. The van der Waals surface area contributed by atoms with Gasteiger partial charge in [0.25, 0.3) is 0 Å². The first kappa shape index (κ1) is 23.9. The van der Waals surface area contributed by atoms with Crippen molar-refractivity contribution >= 4 is 11.9 Å². The first-order chi connectivity index (χ1) is 13.5. The fourth-order valence-electron chi connectivity index (χ4n) is 4.05. The molecule has 2 atom stereocenters. The van der Waals surface area contributed by atoms with Crippen LogP contribution < -0.4 is 0 Å². The second kappa shape index (κ2) is 10.1. The number of amides is 1. The highest BCUT2D eigenvalue weighted by atomic mass is 19.4. The Morgan fingerprint density at radius 1 is 1.17 bits per heavy atom. The average molecular weight is 424 g/mol. The minimum Gasteiger partial charge on any atom is -0.475 e. The number of fused-ring (bicyclic) bond motifs is 1. The zero-order valence-electron chi connectivity index (χ0n) is 16.9. The summed E-state index contributed by atoms with van der Waals surface area (Å²) in [5.74, 6) is -1.24. The van der Waals surface area contributed by atoms with Gasteiger partial charge in [-0.15, -0.1) is 0 Å². The molecule has 0 aromatic rings. The molecule has 7 nitrogen and oxygen atoms in total. The Balaban J connectivity index is 0.000000370. The predicted octanol–water partition coefficient (Wildman–Crippen LogP) is 1.60. The molecule has 0 unspecified atom stereocenters. The molecule has 2 N–H and O–H groups in total. The van der Waals surface area contributed by atoms with Gasteiger partial charge in [-0.05, 0) is 25.2 Å². The van der Waals surface area contributed by atoms with Crippen molar-refractivity contribution in [2.24, 2.45) is 17.8 Å². The number of carbonyl (C=O) groups excluding carboxylic acids is 1. The number of aliphatic hydroxyl groups is 1. The van der Waals surface area contributed by atoms with Gasteiger partial charge in [0.15, 0.2) is 0 Å². The van der Waals surface area contributed by atoms with Crippen LogP contribution in [-0.2, 0) is 14.3 Å². The molecule has 1 aliphatic carbocycles. The SMILES string of the molecule is CC(C)CN1CCO[C@@H]2CN(C(=O)C3CC(O)C3)CC[C@@H]2C1.O=C(O)C(F)(F)F. The Morgan fingerprint density at radius 2 is 1.79 bits per heavy atom. The molecule has 0 aromatic carbocycles. The van der Waals surface area contributed by atoms with Gasteiger partial charge < -0.3 is 24.7 Å². The Morgan fingerprint density at radius 3 is 2.31 bits per heavy atom. The van der Waals surface area contributed by atoms with E-state index in [1.807, 2.05) is 4.90 Å². The number of hydrogen-bond donors (Lipinski definition) is 2. The molecule has 0 radical (unpaired) electrons. The van der Waals surface area contributed by atoms with Crippen molar-refractivity contribution in [3.8, 4) is 0 Å². The van der Waals surface area contributed by atoms with Gasteiger partial charge in [0.2, 0.25) is 5.91 Å². The van der Waals surface area contributed by atoms with Crippen LogP contribution in [0, 0.1) is 17.8 Å². The molecule has 168 valence electrons. The topological polar surface area (TPSA) is 90.3 Å². The predicted molar refractivity (Wildman–Crippen MR) is 98.1 cm³/mol. The molecule has 3 aliphatic rings. The lowest BCUT2D eigenvalue weighted by Gasteiger charge is -2.41. The van der Waals surface area contributed by atoms with Crippen LogP contribution in [-0.4, -0.2) is 89.6 Å². The minimum absolute atomic E-state index is 0.0507. The second-order valence-corrected chi connectivity index (χ2v) is 8.52. The maximum absolute atomic E-state index is 12.4. The number of carbonyl (C=O) groups is 2. The molecule has 1 amide bonds. The summed E-state index contributed by atoms with van der Waals surface area (Å²) in [5.41, 5.74) is 0. The monoisotopic (exact) mass is 424 g/mol. The highest BCUT2D eigenvalue weighted by Crippen LogP contribution is 2.32. The normalized spacial score (nSPS) is 30.5. The van der Waals surface area contributed by atoms with Crippen molar-refractivity contribution in [3.63, 3.8) is 0 Å². The minimum atomic E-state index is -5.08. The van der Waals surface area contributed by atoms with Crippen LogP contribution in [0.2, 0.25) is 0 Å². The van der Waals surface area contributed by atoms with E-state index in [9.17, 15) is 23.1 Å². The lowest BCUT2D eigenvalue weighted by molar-refractivity contribution is -0.192. The van der Waals surface area contributed by atoms with E-state index in [0.29, 0.717) is 24.7 Å². The third-order valence-corrected chi connectivity index (χ3v) is 5.57. The van der Waals surface area contributed by atoms with Gasteiger partial charge in [-0.1, -0.05) is 13.8 Å². The summed E-state index contributed by atoms with van der Waals surface area (Å²) < 4.78 is 37.8. The Kier molecular flexibility index (Phi) is 8.30. The summed E-state index contributed by atoms with van der Waals surface area (Å²) in [5, 5.41) is 16.5. The van der Waals surface area contributed by atoms with Gasteiger partial charge >= 0.3 is 12.1 Å². The van der Waals surface area contributed by atoms with E-state index in [4.69, 9.17) is 14.6 Å². The van der Waals surface area contributed by atoms with Gasteiger partial charge in [0, 0.05) is 44.6 Å². The summed E-state index contributed by atoms with van der Waals surface area (Å²) in [7, 11) is 0. The van der Waals surface area contributed by atoms with E-state index >= 15 is 0 Å². The summed E-state index contributed by atoms with van der Waals surface area (Å²) in [6, 6.07) is 0. The molecule has 2 aliphatic heterocycles. The van der Waals surface area contributed by atoms with Gasteiger partial charge in [-0.25, -0.2) is 4.79 Å². The van der Waals surface area contributed by atoms with E-state index in [2.05, 4.69) is 18.7 Å². The van der Waals surface area contributed by atoms with E-state index in [1.54, 1.807) is 0 Å². The number of rotatable bonds is 3. The van der Waals surface area contributed by atoms with Crippen LogP contribution in [0.1, 0.15) is 33.1 Å². The standard InChI is InChI=1S/C17H30N2O3.C2HF3O2/c1-12(2)9-18-5-6-22-16-11-19(4-3-13(16)10-18)17(21)14-7-15(20)8-14;3-2(4,5)1(6)7/h12-16,20H,3-11H2,1-2H3;(H,6,7)/t13-,14?,15?,16-;/m1./s1. The van der Waals surface area contributed by atoms with Crippen molar-refractivity contribution in [3.05, 3.63) is 0 Å². The third-order valence-electron chi connectivity index (χ3n) is 5.57. The number of piperidine rings is 1. The Bertz CT molecular complexity index is 567. The van der Waals surface area contributed by atoms with E-state index in [-0.39, 0.29) is 24.0 Å². The third kappa shape index (κ3) is 7.11. The molecule has 2 saturated heterocycles. The molecule has 0 aromatic heterocycles. The van der Waals surface area contributed by atoms with Crippen LogP contribution in [0.4, 0.5) is 13.2 Å². The van der Waals surface area contributed by atoms with Crippen LogP contribution in [0.3, 0.4) is 0 Å². The number of halogens is 3. The summed E-state index contributed by atoms with van der Waals surface area (Å²) in [4.78, 5) is 25.8. The Labute approximate surface area is 168 Å². The van der Waals surface area contributed by atoms with Gasteiger partial charge in [-0.3, -0.25) is 4.79 Å². The fourth-order valence-corrected chi connectivity index (χ4v) is 4.05. The molecule has 3 fully saturated rings. The summed E-state index contributed by atoms with van der Waals surface area (Å²) in [6.07, 6.45) is -2.82. The summed E-state index contributed by atoms with van der Waals surface area (Å²) in [6.45, 7) is 10.1. The number of ether oxygens (including phenoxy) is 1. The number of nitrogens with zero attached hydrogens (tertiary/aromatic N) is 2. The van der Waals surface area contributed by atoms with Gasteiger partial charge in [0.05, 0.1) is 18.8 Å². The first-order valence-electron chi connectivity index (χ1n) is 10.1. The molecule has 1 saturated carbocycles. The quantitative estimate of drug-likeness (QED) is 0.715. The van der Waals surface area contributed by atoms with Crippen molar-refractivity contribution in [1.29, 1.82) is 0 Å². The number of likely N-dealkylation sites (tertiary alicyclic amines) is 1. The van der Waals surface area contributed by atoms with E-state index in [1.165, 1.54) is 0 Å². The first-order valence-corrected chi connectivity index (χ1v) is 10.1. The molecule has 3 rings (SSSR count). The summed E-state index contributed by atoms with van der Waals surface area (Å²) >= 11 is 0. The molecular weight excluding hydrogens is 393 g/mol. The molecule has 10 heteroatoms. The van der Waals surface area contributed by atoms with Crippen LogP contribution in [0.5, 0.6) is 0 Å². The highest BCUT2D eigenvalue weighted by molar-refractivity contribution is 5.80. The molecular formula is C19H31F3N2O5. The number of aliphatic carboxylic acids is 1. The molecule has 29 heavy (non-hydrogen) atoms. The number of alkyl halides is 3. The number of aliphatic hydroxyl groups excluding tert-OH is 1. The molecule has 0 bridgehead atoms. The maximum Gasteiger partial charge on any atom is 0.490 e. The maximum atomic E-state index is 12.4. The van der Waals surface area contributed by atoms with Gasteiger partial charge in [-0.2, -0.15) is 13.2 Å². The molecule has 0 spiro atoms. The Hall–Kier alpha value is -1.39. The van der Waals surface area contributed by atoms with Crippen LogP contribution in [0.25, 0.3) is 0 Å². The van der Waals surface area contributed by atoms with Crippen molar-refractivity contribution in [2.45, 2.75) is 51.5 Å². The number of hydrogen-bond acceptors (Lipinski definition) is 5. The van der Waals surface area contributed by atoms with Crippen LogP contribution in [0.15, 0.2) is 0 Å². The second-order valence-electron chi connectivity index (χ2n) is 8.52. The van der Waals surface area contributed by atoms with Crippen molar-refractivity contribution in [1.82, 2.24) is 9.80 Å². The smallest absolute Gasteiger partial charge is 0.475 e. The van der Waals surface area contributed by atoms with Crippen LogP contribution >= 0.6 is 0 Å². The number of carboxylic acids is 1. The zero-order chi connectivity index (χ0) is 21.8. The van der Waals surface area contributed by atoms with Gasteiger partial charge in [0.1, 0.15) is 0 Å². The van der Waals surface area contributed by atoms with E-state index in [0.717, 1.165) is 45.8 Å².